The zero-order valence-electron chi connectivity index (χ0n) is 9.82. The molecule has 1 saturated heterocycles. The predicted octanol–water partition coefficient (Wildman–Crippen LogP) is 3.29. The van der Waals surface area contributed by atoms with E-state index in [1.54, 1.807) is 0 Å². The summed E-state index contributed by atoms with van der Waals surface area (Å²) >= 11 is 2.36. The number of hydrogen-bond donors (Lipinski definition) is 0. The molecule has 0 radical (unpaired) electrons. The Labute approximate surface area is 98.0 Å². The Bertz CT molecular complexity index is 209. The van der Waals surface area contributed by atoms with Crippen LogP contribution in [0.5, 0.6) is 0 Å². The van der Waals surface area contributed by atoms with Gasteiger partial charge in [-0.3, -0.25) is 4.90 Å². The first-order valence-electron chi connectivity index (χ1n) is 6.73. The molecule has 86 valence electrons. The van der Waals surface area contributed by atoms with Gasteiger partial charge in [-0.2, -0.15) is 11.8 Å². The minimum atomic E-state index is 0.920. The molecule has 0 spiro atoms. The summed E-state index contributed by atoms with van der Waals surface area (Å²) in [5, 5.41) is 1.95. The van der Waals surface area contributed by atoms with Crippen LogP contribution in [0.15, 0.2) is 0 Å². The molecule has 0 N–H and O–H groups in total. The lowest BCUT2D eigenvalue weighted by Crippen LogP contribution is -2.56. The van der Waals surface area contributed by atoms with E-state index in [1.165, 1.54) is 51.4 Å². The molecule has 1 heterocycles. The molecule has 1 aliphatic heterocycles. The third kappa shape index (κ3) is 1.84. The summed E-state index contributed by atoms with van der Waals surface area (Å²) in [6.07, 6.45) is 11.8. The first-order valence-corrected chi connectivity index (χ1v) is 7.68. The average Bonchev–Trinajstić information content (AvgIpc) is 2.30. The van der Waals surface area contributed by atoms with Gasteiger partial charge in [0.2, 0.25) is 0 Å². The highest BCUT2D eigenvalue weighted by Gasteiger charge is 2.42. The normalized spacial score (nSPS) is 47.0. The molecule has 0 aromatic rings. The molecule has 3 aliphatic rings. The van der Waals surface area contributed by atoms with Crippen LogP contribution in [-0.4, -0.2) is 34.5 Å². The third-order valence-electron chi connectivity index (χ3n) is 4.73. The summed E-state index contributed by atoms with van der Waals surface area (Å²) in [5.41, 5.74) is 0. The van der Waals surface area contributed by atoms with Gasteiger partial charge in [0.05, 0.1) is 0 Å². The second kappa shape index (κ2) is 4.29. The molecular formula is C13H23NS. The van der Waals surface area contributed by atoms with E-state index >= 15 is 0 Å². The Kier molecular flexibility index (Phi) is 2.99. The Morgan fingerprint density at radius 2 is 1.27 bits per heavy atom. The van der Waals surface area contributed by atoms with Crippen LogP contribution in [0.1, 0.15) is 51.4 Å². The van der Waals surface area contributed by atoms with Crippen molar-refractivity contribution < 1.29 is 0 Å². The van der Waals surface area contributed by atoms with Gasteiger partial charge in [0, 0.05) is 22.6 Å². The minimum absolute atomic E-state index is 0.920. The van der Waals surface area contributed by atoms with Crippen molar-refractivity contribution in [2.24, 2.45) is 0 Å². The Hall–Kier alpha value is 0.310. The molecule has 3 rings (SSSR count). The first-order chi connectivity index (χ1) is 7.36. The second-order valence-corrected chi connectivity index (χ2v) is 7.07. The molecule has 2 saturated carbocycles. The smallest absolute Gasteiger partial charge is 0.0215 e. The van der Waals surface area contributed by atoms with Gasteiger partial charge in [-0.05, 0) is 32.7 Å². The maximum atomic E-state index is 2.77. The summed E-state index contributed by atoms with van der Waals surface area (Å²) in [4.78, 5) is 2.77. The van der Waals surface area contributed by atoms with Gasteiger partial charge in [-0.15, -0.1) is 0 Å². The summed E-state index contributed by atoms with van der Waals surface area (Å²) in [5.74, 6) is 0. The summed E-state index contributed by atoms with van der Waals surface area (Å²) in [6.45, 7) is 0. The second-order valence-electron chi connectivity index (χ2n) is 5.58. The highest BCUT2D eigenvalue weighted by atomic mass is 32.2. The van der Waals surface area contributed by atoms with Crippen LogP contribution < -0.4 is 0 Å². The van der Waals surface area contributed by atoms with Crippen molar-refractivity contribution in [3.05, 3.63) is 0 Å². The predicted molar refractivity (Wildman–Crippen MR) is 67.4 cm³/mol. The van der Waals surface area contributed by atoms with E-state index in [0.717, 1.165) is 22.6 Å². The molecule has 3 fully saturated rings. The zero-order valence-corrected chi connectivity index (χ0v) is 10.6. The number of thioether (sulfide) groups is 1. The van der Waals surface area contributed by atoms with Gasteiger partial charge in [0.15, 0.2) is 0 Å². The van der Waals surface area contributed by atoms with Gasteiger partial charge < -0.3 is 0 Å². The topological polar surface area (TPSA) is 3.24 Å². The van der Waals surface area contributed by atoms with E-state index in [0.29, 0.717) is 0 Å². The van der Waals surface area contributed by atoms with Crippen LogP contribution in [0.4, 0.5) is 0 Å². The third-order valence-corrected chi connectivity index (χ3v) is 6.53. The molecule has 0 unspecified atom stereocenters. The van der Waals surface area contributed by atoms with Crippen molar-refractivity contribution >= 4 is 11.8 Å². The quantitative estimate of drug-likeness (QED) is 0.622. The summed E-state index contributed by atoms with van der Waals surface area (Å²) in [7, 11) is 2.41. The van der Waals surface area contributed by atoms with Gasteiger partial charge in [-0.25, -0.2) is 0 Å². The van der Waals surface area contributed by atoms with Gasteiger partial charge in [0.25, 0.3) is 0 Å². The lowest BCUT2D eigenvalue weighted by Gasteiger charge is -2.51. The van der Waals surface area contributed by atoms with Crippen molar-refractivity contribution in [2.45, 2.75) is 74.0 Å². The SMILES string of the molecule is CN1[C@H]2CCCC[C@@H]2S[C@@H]2CCCC[C@@H]21. The molecule has 0 aromatic heterocycles. The van der Waals surface area contributed by atoms with Crippen LogP contribution in [0.25, 0.3) is 0 Å². The fourth-order valence-corrected chi connectivity index (χ4v) is 5.95. The summed E-state index contributed by atoms with van der Waals surface area (Å²) in [6, 6.07) is 1.84. The highest BCUT2D eigenvalue weighted by molar-refractivity contribution is 8.00. The van der Waals surface area contributed by atoms with Crippen molar-refractivity contribution in [1.29, 1.82) is 0 Å². The van der Waals surface area contributed by atoms with E-state index in [-0.39, 0.29) is 0 Å². The number of nitrogens with zero attached hydrogens (tertiary/aromatic N) is 1. The van der Waals surface area contributed by atoms with Gasteiger partial charge >= 0.3 is 0 Å². The molecule has 0 bridgehead atoms. The zero-order chi connectivity index (χ0) is 10.3. The number of fused-ring (bicyclic) bond motifs is 2. The van der Waals surface area contributed by atoms with Gasteiger partial charge in [-0.1, -0.05) is 25.7 Å². The van der Waals surface area contributed by atoms with Crippen LogP contribution >= 0.6 is 11.8 Å². The standard InChI is InChI=1S/C13H23NS/c1-14-10-6-2-4-8-12(10)15-13-9-5-3-7-11(13)14/h10-13H,2-9H2,1H3/t10-,11-,12-,13+/m0/s1. The Morgan fingerprint density at radius 3 is 1.80 bits per heavy atom. The van der Waals surface area contributed by atoms with Crippen molar-refractivity contribution in [1.82, 2.24) is 4.90 Å². The van der Waals surface area contributed by atoms with Crippen LogP contribution in [0, 0.1) is 0 Å². The maximum absolute atomic E-state index is 2.77. The molecule has 0 amide bonds. The largest absolute Gasteiger partial charge is 0.298 e. The van der Waals surface area contributed by atoms with Crippen molar-refractivity contribution in [2.75, 3.05) is 7.05 Å². The monoisotopic (exact) mass is 225 g/mol. The Balaban J connectivity index is 1.76. The van der Waals surface area contributed by atoms with Crippen molar-refractivity contribution in [3.63, 3.8) is 0 Å². The number of hydrogen-bond acceptors (Lipinski definition) is 2. The van der Waals surface area contributed by atoms with Crippen molar-refractivity contribution in [3.8, 4) is 0 Å². The molecule has 0 aromatic carbocycles. The van der Waals surface area contributed by atoms with E-state index in [9.17, 15) is 0 Å². The summed E-state index contributed by atoms with van der Waals surface area (Å²) < 4.78 is 0. The lowest BCUT2D eigenvalue weighted by atomic mass is 9.88. The number of rotatable bonds is 0. The van der Waals surface area contributed by atoms with Gasteiger partial charge in [0.1, 0.15) is 0 Å². The van der Waals surface area contributed by atoms with E-state index in [1.807, 2.05) is 0 Å². The van der Waals surface area contributed by atoms with Crippen LogP contribution in [0.3, 0.4) is 0 Å². The fraction of sp³-hybridized carbons (Fsp3) is 1.00. The average molecular weight is 225 g/mol. The van der Waals surface area contributed by atoms with Crippen LogP contribution in [-0.2, 0) is 0 Å². The molecular weight excluding hydrogens is 202 g/mol. The Morgan fingerprint density at radius 1 is 0.800 bits per heavy atom. The molecule has 15 heavy (non-hydrogen) atoms. The fourth-order valence-electron chi connectivity index (χ4n) is 3.87. The minimum Gasteiger partial charge on any atom is -0.298 e. The molecule has 2 aliphatic carbocycles. The van der Waals surface area contributed by atoms with E-state index in [4.69, 9.17) is 0 Å². The molecule has 2 heteroatoms. The molecule has 1 nitrogen and oxygen atoms in total. The highest BCUT2D eigenvalue weighted by Crippen LogP contribution is 2.45. The van der Waals surface area contributed by atoms with E-state index < -0.39 is 0 Å². The lowest BCUT2D eigenvalue weighted by molar-refractivity contribution is 0.107. The van der Waals surface area contributed by atoms with Crippen LogP contribution in [0.2, 0.25) is 0 Å². The first kappa shape index (κ1) is 10.5. The maximum Gasteiger partial charge on any atom is 0.0215 e. The molecule has 4 atom stereocenters. The van der Waals surface area contributed by atoms with E-state index in [2.05, 4.69) is 23.7 Å².